The van der Waals surface area contributed by atoms with Crippen LogP contribution < -0.4 is 10.5 Å². The molecule has 0 bridgehead atoms. The van der Waals surface area contributed by atoms with Crippen LogP contribution in [0.4, 0.5) is 5.69 Å². The first-order chi connectivity index (χ1) is 8.04. The molecule has 0 aliphatic heterocycles. The number of nitrogens with two attached hydrogens (primary N) is 1. The van der Waals surface area contributed by atoms with Crippen molar-refractivity contribution >= 4 is 5.69 Å². The summed E-state index contributed by atoms with van der Waals surface area (Å²) in [6, 6.07) is 5.72. The van der Waals surface area contributed by atoms with E-state index in [4.69, 9.17) is 15.7 Å². The van der Waals surface area contributed by atoms with Gasteiger partial charge in [0.2, 0.25) is 0 Å². The maximum Gasteiger partial charge on any atom is 0.269 e. The number of ether oxygens (including phenoxy) is 1. The highest BCUT2D eigenvalue weighted by Gasteiger charge is 2.09. The third kappa shape index (κ3) is 3.74. The van der Waals surface area contributed by atoms with Crippen molar-refractivity contribution in [3.05, 3.63) is 33.9 Å². The van der Waals surface area contributed by atoms with E-state index in [9.17, 15) is 10.1 Å². The largest absolute Gasteiger partial charge is 0.493 e. The van der Waals surface area contributed by atoms with Crippen molar-refractivity contribution < 1.29 is 9.66 Å². The maximum atomic E-state index is 10.5. The van der Waals surface area contributed by atoms with E-state index in [0.717, 1.165) is 0 Å². The third-order valence-corrected chi connectivity index (χ3v) is 2.22. The smallest absolute Gasteiger partial charge is 0.269 e. The minimum atomic E-state index is -0.548. The predicted molar refractivity (Wildman–Crippen MR) is 61.5 cm³/mol. The molecule has 0 heterocycles. The molecule has 0 fully saturated rings. The number of nitrogens with zero attached hydrogens (tertiary/aromatic N) is 2. The van der Waals surface area contributed by atoms with E-state index in [0.29, 0.717) is 24.3 Å². The Hall–Kier alpha value is -2.13. The number of non-ortho nitro benzene ring substituents is 1. The molecule has 6 nitrogen and oxygen atoms in total. The minimum Gasteiger partial charge on any atom is -0.493 e. The van der Waals surface area contributed by atoms with Gasteiger partial charge in [0.25, 0.3) is 5.69 Å². The van der Waals surface area contributed by atoms with E-state index in [-0.39, 0.29) is 5.69 Å². The molecule has 0 aliphatic carbocycles. The van der Waals surface area contributed by atoms with Crippen molar-refractivity contribution in [1.82, 2.24) is 0 Å². The molecule has 90 valence electrons. The quantitative estimate of drug-likeness (QED) is 0.615. The number of nitro benzene ring substituents is 1. The molecule has 1 atom stereocenters. The standard InChI is InChI=1S/C11H13N3O3/c1-8-6-10(14(15)16)2-3-11(8)17-5-4-9(13)7-12/h2-3,6,9H,4-5,13H2,1H3. The SMILES string of the molecule is Cc1cc([N+](=O)[O-])ccc1OCCC(N)C#N. The zero-order valence-corrected chi connectivity index (χ0v) is 9.42. The van der Waals surface area contributed by atoms with Crippen LogP contribution in [0.3, 0.4) is 0 Å². The molecule has 1 aromatic rings. The van der Waals surface area contributed by atoms with Gasteiger partial charge in [0, 0.05) is 18.6 Å². The molecular weight excluding hydrogens is 222 g/mol. The summed E-state index contributed by atoms with van der Waals surface area (Å²) in [4.78, 5) is 10.1. The molecule has 1 aromatic carbocycles. The fraction of sp³-hybridized carbons (Fsp3) is 0.364. The summed E-state index contributed by atoms with van der Waals surface area (Å²) in [5, 5.41) is 19.0. The van der Waals surface area contributed by atoms with Gasteiger partial charge < -0.3 is 10.5 Å². The van der Waals surface area contributed by atoms with E-state index in [1.807, 2.05) is 6.07 Å². The van der Waals surface area contributed by atoms with Gasteiger partial charge in [-0.2, -0.15) is 5.26 Å². The van der Waals surface area contributed by atoms with E-state index in [2.05, 4.69) is 0 Å². The number of hydrogen-bond acceptors (Lipinski definition) is 5. The van der Waals surface area contributed by atoms with E-state index in [1.54, 1.807) is 13.0 Å². The maximum absolute atomic E-state index is 10.5. The molecule has 0 spiro atoms. The zero-order chi connectivity index (χ0) is 12.8. The predicted octanol–water partition coefficient (Wildman–Crippen LogP) is 1.52. The number of nitro groups is 1. The topological polar surface area (TPSA) is 102 Å². The Morgan fingerprint density at radius 1 is 1.65 bits per heavy atom. The Morgan fingerprint density at radius 2 is 2.35 bits per heavy atom. The molecule has 1 unspecified atom stereocenters. The Bertz CT molecular complexity index is 454. The molecule has 0 radical (unpaired) electrons. The minimum absolute atomic E-state index is 0.0311. The van der Waals surface area contributed by atoms with Crippen LogP contribution in [0, 0.1) is 28.4 Å². The summed E-state index contributed by atoms with van der Waals surface area (Å²) in [6.45, 7) is 2.04. The number of aryl methyl sites for hydroxylation is 1. The van der Waals surface area contributed by atoms with Gasteiger partial charge in [-0.1, -0.05) is 0 Å². The fourth-order valence-electron chi connectivity index (χ4n) is 1.27. The molecule has 0 saturated carbocycles. The second-order valence-electron chi connectivity index (χ2n) is 3.58. The summed E-state index contributed by atoms with van der Waals surface area (Å²) >= 11 is 0. The second kappa shape index (κ2) is 5.82. The molecule has 0 aliphatic rings. The van der Waals surface area contributed by atoms with Crippen LogP contribution in [0.2, 0.25) is 0 Å². The second-order valence-corrected chi connectivity index (χ2v) is 3.58. The monoisotopic (exact) mass is 235 g/mol. The van der Waals surface area contributed by atoms with Crippen molar-refractivity contribution in [2.24, 2.45) is 5.73 Å². The van der Waals surface area contributed by atoms with Crippen LogP contribution in [0.25, 0.3) is 0 Å². The number of hydrogen-bond donors (Lipinski definition) is 1. The van der Waals surface area contributed by atoms with Crippen molar-refractivity contribution in [2.75, 3.05) is 6.61 Å². The van der Waals surface area contributed by atoms with Gasteiger partial charge in [-0.25, -0.2) is 0 Å². The van der Waals surface area contributed by atoms with Crippen molar-refractivity contribution in [1.29, 1.82) is 5.26 Å². The van der Waals surface area contributed by atoms with Crippen molar-refractivity contribution in [2.45, 2.75) is 19.4 Å². The highest BCUT2D eigenvalue weighted by molar-refractivity contribution is 5.42. The van der Waals surface area contributed by atoms with Crippen LogP contribution in [0.5, 0.6) is 5.75 Å². The molecule has 0 aromatic heterocycles. The van der Waals surface area contributed by atoms with Gasteiger partial charge in [0.15, 0.2) is 0 Å². The number of benzene rings is 1. The molecule has 17 heavy (non-hydrogen) atoms. The average Bonchev–Trinajstić information content (AvgIpc) is 2.30. The highest BCUT2D eigenvalue weighted by Crippen LogP contribution is 2.23. The Balaban J connectivity index is 2.61. The summed E-state index contributed by atoms with van der Waals surface area (Å²) < 4.78 is 5.39. The molecule has 1 rings (SSSR count). The Morgan fingerprint density at radius 3 is 2.88 bits per heavy atom. The van der Waals surface area contributed by atoms with Gasteiger partial charge >= 0.3 is 0 Å². The van der Waals surface area contributed by atoms with E-state index >= 15 is 0 Å². The lowest BCUT2D eigenvalue weighted by atomic mass is 10.2. The molecule has 0 saturated heterocycles. The van der Waals surface area contributed by atoms with Gasteiger partial charge in [-0.15, -0.1) is 0 Å². The van der Waals surface area contributed by atoms with Crippen LogP contribution in [-0.2, 0) is 0 Å². The van der Waals surface area contributed by atoms with Gasteiger partial charge in [0.1, 0.15) is 5.75 Å². The summed E-state index contributed by atoms with van der Waals surface area (Å²) in [6.07, 6.45) is 0.424. The summed E-state index contributed by atoms with van der Waals surface area (Å²) in [5.74, 6) is 0.570. The van der Waals surface area contributed by atoms with E-state index < -0.39 is 11.0 Å². The highest BCUT2D eigenvalue weighted by atomic mass is 16.6. The molecule has 0 amide bonds. The molecular formula is C11H13N3O3. The molecule has 2 N–H and O–H groups in total. The van der Waals surface area contributed by atoms with Crippen LogP contribution in [0.15, 0.2) is 18.2 Å². The number of nitriles is 1. The average molecular weight is 235 g/mol. The van der Waals surface area contributed by atoms with Crippen LogP contribution >= 0.6 is 0 Å². The molecule has 6 heteroatoms. The Kier molecular flexibility index (Phi) is 4.43. The van der Waals surface area contributed by atoms with Gasteiger partial charge in [0.05, 0.1) is 23.6 Å². The lowest BCUT2D eigenvalue weighted by Gasteiger charge is -2.09. The van der Waals surface area contributed by atoms with Crippen molar-refractivity contribution in [3.63, 3.8) is 0 Å². The zero-order valence-electron chi connectivity index (χ0n) is 9.42. The first-order valence-electron chi connectivity index (χ1n) is 5.07. The first-order valence-corrected chi connectivity index (χ1v) is 5.07. The van der Waals surface area contributed by atoms with Gasteiger partial charge in [-0.3, -0.25) is 10.1 Å². The Labute approximate surface area is 98.8 Å². The summed E-state index contributed by atoms with van der Waals surface area (Å²) in [5.41, 5.74) is 6.12. The van der Waals surface area contributed by atoms with Crippen LogP contribution in [0.1, 0.15) is 12.0 Å². The first kappa shape index (κ1) is 12.9. The lowest BCUT2D eigenvalue weighted by Crippen LogP contribution is -2.20. The summed E-state index contributed by atoms with van der Waals surface area (Å²) in [7, 11) is 0. The fourth-order valence-corrected chi connectivity index (χ4v) is 1.27. The van der Waals surface area contributed by atoms with Crippen molar-refractivity contribution in [3.8, 4) is 11.8 Å². The van der Waals surface area contributed by atoms with Crippen LogP contribution in [-0.4, -0.2) is 17.6 Å². The van der Waals surface area contributed by atoms with E-state index in [1.165, 1.54) is 12.1 Å². The number of rotatable bonds is 5. The third-order valence-electron chi connectivity index (χ3n) is 2.22. The van der Waals surface area contributed by atoms with Gasteiger partial charge in [-0.05, 0) is 18.6 Å². The normalized spacial score (nSPS) is 11.6. The lowest BCUT2D eigenvalue weighted by molar-refractivity contribution is -0.384.